The molecule has 0 radical (unpaired) electrons. The van der Waals surface area contributed by atoms with E-state index in [2.05, 4.69) is 10.3 Å². The smallest absolute Gasteiger partial charge is 0.410 e. The van der Waals surface area contributed by atoms with Gasteiger partial charge in [0, 0.05) is 19.3 Å². The molecular formula is C14H18FN3O4. The average molecular weight is 311 g/mol. The van der Waals surface area contributed by atoms with E-state index in [4.69, 9.17) is 9.47 Å². The van der Waals surface area contributed by atoms with E-state index >= 15 is 0 Å². The van der Waals surface area contributed by atoms with Crippen molar-refractivity contribution in [2.75, 3.05) is 19.0 Å². The van der Waals surface area contributed by atoms with E-state index < -0.39 is 29.6 Å². The van der Waals surface area contributed by atoms with Gasteiger partial charge in [-0.2, -0.15) is 4.39 Å². The van der Waals surface area contributed by atoms with Crippen LogP contribution in [0.2, 0.25) is 0 Å². The number of carbonyl (C=O) groups excluding carboxylic acids is 2. The van der Waals surface area contributed by atoms with Crippen LogP contribution in [0.15, 0.2) is 12.3 Å². The van der Waals surface area contributed by atoms with E-state index in [0.29, 0.717) is 0 Å². The summed E-state index contributed by atoms with van der Waals surface area (Å²) >= 11 is 0. The normalized spacial score (nSPS) is 17.7. The highest BCUT2D eigenvalue weighted by atomic mass is 19.1. The van der Waals surface area contributed by atoms with Crippen molar-refractivity contribution in [3.8, 4) is 5.75 Å². The Morgan fingerprint density at radius 3 is 2.86 bits per heavy atom. The first-order valence-electron chi connectivity index (χ1n) is 6.73. The summed E-state index contributed by atoms with van der Waals surface area (Å²) in [6, 6.07) is 0.496. The molecular weight excluding hydrogens is 293 g/mol. The van der Waals surface area contributed by atoms with Crippen molar-refractivity contribution in [1.29, 1.82) is 0 Å². The summed E-state index contributed by atoms with van der Waals surface area (Å²) in [5.74, 6) is -1.24. The number of amides is 2. The largest absolute Gasteiger partial charge is 0.488 e. The van der Waals surface area contributed by atoms with Gasteiger partial charge < -0.3 is 14.8 Å². The van der Waals surface area contributed by atoms with Gasteiger partial charge in [-0.3, -0.25) is 9.69 Å². The van der Waals surface area contributed by atoms with Crippen molar-refractivity contribution in [1.82, 2.24) is 9.88 Å². The number of hydrogen-bond donors (Lipinski definition) is 1. The lowest BCUT2D eigenvalue weighted by Crippen LogP contribution is -2.49. The van der Waals surface area contributed by atoms with Crippen molar-refractivity contribution in [3.05, 3.63) is 18.2 Å². The van der Waals surface area contributed by atoms with Crippen LogP contribution < -0.4 is 10.1 Å². The van der Waals surface area contributed by atoms with Crippen LogP contribution in [-0.2, 0) is 9.53 Å². The van der Waals surface area contributed by atoms with Crippen LogP contribution in [0.1, 0.15) is 20.8 Å². The number of nitrogens with zero attached hydrogens (tertiary/aromatic N) is 2. The summed E-state index contributed by atoms with van der Waals surface area (Å²) in [6.07, 6.45) is 0.568. The zero-order chi connectivity index (χ0) is 16.5. The molecule has 22 heavy (non-hydrogen) atoms. The number of hydrogen-bond acceptors (Lipinski definition) is 5. The van der Waals surface area contributed by atoms with Crippen LogP contribution in [0.3, 0.4) is 0 Å². The van der Waals surface area contributed by atoms with Crippen LogP contribution in [0.4, 0.5) is 14.9 Å². The average Bonchev–Trinajstić information content (AvgIpc) is 2.56. The maximum atomic E-state index is 13.6. The van der Waals surface area contributed by atoms with Gasteiger partial charge in [0.1, 0.15) is 29.7 Å². The lowest BCUT2D eigenvalue weighted by Gasteiger charge is -2.28. The molecule has 1 aromatic rings. The number of nitrogens with one attached hydrogen (secondary N) is 1. The van der Waals surface area contributed by atoms with Gasteiger partial charge in [0.2, 0.25) is 5.95 Å². The second-order valence-corrected chi connectivity index (χ2v) is 5.88. The lowest BCUT2D eigenvalue weighted by atomic mass is 10.2. The molecule has 1 aliphatic heterocycles. The van der Waals surface area contributed by atoms with E-state index in [0.717, 1.165) is 4.90 Å². The molecule has 2 amide bonds. The fourth-order valence-corrected chi connectivity index (χ4v) is 1.85. The molecule has 0 aromatic carbocycles. The van der Waals surface area contributed by atoms with Crippen LogP contribution in [-0.4, -0.2) is 47.2 Å². The molecule has 2 rings (SSSR count). The van der Waals surface area contributed by atoms with Crippen molar-refractivity contribution < 1.29 is 23.5 Å². The third-order valence-electron chi connectivity index (χ3n) is 2.96. The fraction of sp³-hybridized carbons (Fsp3) is 0.500. The summed E-state index contributed by atoms with van der Waals surface area (Å²) in [4.78, 5) is 28.8. The first-order chi connectivity index (χ1) is 10.2. The predicted octanol–water partition coefficient (Wildman–Crippen LogP) is 1.79. The molecule has 8 heteroatoms. The minimum absolute atomic E-state index is 0.113. The Hall–Kier alpha value is -2.38. The Morgan fingerprint density at radius 1 is 1.55 bits per heavy atom. The molecule has 0 spiro atoms. The number of pyridine rings is 1. The molecule has 2 heterocycles. The van der Waals surface area contributed by atoms with Crippen LogP contribution in [0, 0.1) is 5.95 Å². The molecule has 0 fully saturated rings. The lowest BCUT2D eigenvalue weighted by molar-refractivity contribution is -0.121. The van der Waals surface area contributed by atoms with Gasteiger partial charge in [-0.1, -0.05) is 0 Å². The Balaban J connectivity index is 2.16. The molecule has 1 N–H and O–H groups in total. The minimum Gasteiger partial charge on any atom is -0.488 e. The first-order valence-corrected chi connectivity index (χ1v) is 6.73. The molecule has 1 aromatic heterocycles. The zero-order valence-electron chi connectivity index (χ0n) is 12.8. The number of carbonyl (C=O) groups is 2. The summed E-state index contributed by atoms with van der Waals surface area (Å²) in [5.41, 5.74) is -0.820. The molecule has 0 aliphatic carbocycles. The molecule has 0 bridgehead atoms. The summed E-state index contributed by atoms with van der Waals surface area (Å²) in [5, 5.41) is 2.39. The molecule has 7 nitrogen and oxygen atoms in total. The van der Waals surface area contributed by atoms with Gasteiger partial charge in [-0.05, 0) is 20.8 Å². The number of aromatic nitrogens is 1. The molecule has 1 atom stereocenters. The molecule has 120 valence electrons. The predicted molar refractivity (Wildman–Crippen MR) is 76.1 cm³/mol. The summed E-state index contributed by atoms with van der Waals surface area (Å²) in [6.45, 7) is 5.05. The topological polar surface area (TPSA) is 80.8 Å². The SMILES string of the molecule is CN(C(=O)OC(C)(C)C)[C@H]1COc2ccnc(F)c2NC1=O. The van der Waals surface area contributed by atoms with Crippen LogP contribution in [0.25, 0.3) is 0 Å². The van der Waals surface area contributed by atoms with Crippen molar-refractivity contribution in [3.63, 3.8) is 0 Å². The Bertz CT molecular complexity index is 600. The van der Waals surface area contributed by atoms with E-state index in [1.54, 1.807) is 20.8 Å². The molecule has 0 saturated carbocycles. The van der Waals surface area contributed by atoms with E-state index in [1.165, 1.54) is 19.3 Å². The number of ether oxygens (including phenoxy) is 2. The highest BCUT2D eigenvalue weighted by Crippen LogP contribution is 2.29. The number of rotatable bonds is 1. The van der Waals surface area contributed by atoms with Gasteiger partial charge in [-0.15, -0.1) is 0 Å². The van der Waals surface area contributed by atoms with Gasteiger partial charge in [0.15, 0.2) is 0 Å². The number of likely N-dealkylation sites (N-methyl/N-ethyl adjacent to an activating group) is 1. The standard InChI is InChI=1S/C14H18FN3O4/c1-14(2,3)22-13(20)18(4)8-7-21-9-5-6-16-11(15)10(9)17-12(8)19/h5-6,8H,7H2,1-4H3,(H,17,19)/t8-/m0/s1. The van der Waals surface area contributed by atoms with E-state index in [1.807, 2.05) is 0 Å². The van der Waals surface area contributed by atoms with Gasteiger partial charge >= 0.3 is 6.09 Å². The van der Waals surface area contributed by atoms with Gasteiger partial charge in [0.05, 0.1) is 0 Å². The van der Waals surface area contributed by atoms with Crippen molar-refractivity contribution >= 4 is 17.7 Å². The van der Waals surface area contributed by atoms with Crippen LogP contribution in [0.5, 0.6) is 5.75 Å². The maximum absolute atomic E-state index is 13.6. The second-order valence-electron chi connectivity index (χ2n) is 5.88. The molecule has 0 saturated heterocycles. The van der Waals surface area contributed by atoms with E-state index in [9.17, 15) is 14.0 Å². The van der Waals surface area contributed by atoms with Gasteiger partial charge in [-0.25, -0.2) is 9.78 Å². The summed E-state index contributed by atoms with van der Waals surface area (Å²) < 4.78 is 24.2. The highest BCUT2D eigenvalue weighted by molar-refractivity contribution is 5.98. The Morgan fingerprint density at radius 2 is 2.23 bits per heavy atom. The fourth-order valence-electron chi connectivity index (χ4n) is 1.85. The molecule has 0 unspecified atom stereocenters. The zero-order valence-corrected chi connectivity index (χ0v) is 12.8. The third-order valence-corrected chi connectivity index (χ3v) is 2.96. The Kier molecular flexibility index (Phi) is 4.20. The number of halogens is 1. The van der Waals surface area contributed by atoms with Crippen molar-refractivity contribution in [2.24, 2.45) is 0 Å². The third kappa shape index (κ3) is 3.44. The first kappa shape index (κ1) is 16.0. The number of anilines is 1. The Labute approximate surface area is 127 Å². The van der Waals surface area contributed by atoms with E-state index in [-0.39, 0.29) is 18.0 Å². The highest BCUT2D eigenvalue weighted by Gasteiger charge is 2.34. The quantitative estimate of drug-likeness (QED) is 0.800. The maximum Gasteiger partial charge on any atom is 0.410 e. The van der Waals surface area contributed by atoms with Crippen LogP contribution >= 0.6 is 0 Å². The van der Waals surface area contributed by atoms with Gasteiger partial charge in [0.25, 0.3) is 5.91 Å². The molecule has 1 aliphatic rings. The number of fused-ring (bicyclic) bond motifs is 1. The second kappa shape index (κ2) is 5.78. The van der Waals surface area contributed by atoms with Crippen molar-refractivity contribution in [2.45, 2.75) is 32.4 Å². The monoisotopic (exact) mass is 311 g/mol. The minimum atomic E-state index is -0.943. The summed E-state index contributed by atoms with van der Waals surface area (Å²) in [7, 11) is 1.42.